The van der Waals surface area contributed by atoms with Crippen LogP contribution in [-0.4, -0.2) is 164 Å². The molecule has 1 amide bonds. The van der Waals surface area contributed by atoms with Crippen molar-refractivity contribution >= 4 is 43.0 Å². The predicted molar refractivity (Wildman–Crippen MR) is 302 cm³/mol. The number of hydrogen-bond donors (Lipinski definition) is 1. The molecule has 0 aromatic heterocycles. The zero-order valence-corrected chi connectivity index (χ0v) is 48.1. The van der Waals surface area contributed by atoms with Crippen LogP contribution in [-0.2, 0) is 51.7 Å². The molecule has 0 bridgehead atoms. The molecule has 5 aromatic carbocycles. The smallest absolute Gasteiger partial charge is 0.417 e. The van der Waals surface area contributed by atoms with Gasteiger partial charge in [-0.1, -0.05) is 55.5 Å². The molecule has 22 nitrogen and oxygen atoms in total. The van der Waals surface area contributed by atoms with Crippen molar-refractivity contribution in [1.82, 2.24) is 13.5 Å². The van der Waals surface area contributed by atoms with Crippen molar-refractivity contribution in [3.63, 3.8) is 0 Å². The molecule has 452 valence electrons. The first kappa shape index (κ1) is 65.3. The number of para-hydroxylation sites is 3. The number of piperazine rings is 1. The fourth-order valence-corrected chi connectivity index (χ4v) is 12.6. The van der Waals surface area contributed by atoms with Crippen LogP contribution in [0.3, 0.4) is 0 Å². The van der Waals surface area contributed by atoms with E-state index in [1.807, 2.05) is 11.8 Å². The number of sulfonamides is 2. The van der Waals surface area contributed by atoms with Gasteiger partial charge in [0.2, 0.25) is 20.0 Å². The van der Waals surface area contributed by atoms with E-state index < -0.39 is 99.9 Å². The first-order valence-electron chi connectivity index (χ1n) is 27.0. The van der Waals surface area contributed by atoms with Crippen molar-refractivity contribution in [2.75, 3.05) is 117 Å². The van der Waals surface area contributed by atoms with Crippen molar-refractivity contribution in [2.45, 2.75) is 62.2 Å². The molecule has 27 heteroatoms. The SMILES string of the molecule is CCOc1ccc(C(=O)N2CCN(c3ccc(-c4ccccc4OCC)cc3CN(CCN(CCCOCCOCCOCCOCCN)S(=O)(=O)c3ccccc3[N+](=O)[O-])S(=O)(=O)c3ccccc3[N+](=O)[O-])[C@H](CC)C2)c(C(F)(F)F)c1. The number of rotatable bonds is 34. The Bertz CT molecular complexity index is 3200. The average Bonchev–Trinajstić information content (AvgIpc) is 3.14. The minimum absolute atomic E-state index is 0.0139. The number of benzene rings is 5. The van der Waals surface area contributed by atoms with Gasteiger partial charge in [-0.15, -0.1) is 0 Å². The molecule has 1 heterocycles. The number of nitro groups is 2. The van der Waals surface area contributed by atoms with E-state index in [1.165, 1.54) is 35.2 Å². The van der Waals surface area contributed by atoms with Gasteiger partial charge >= 0.3 is 6.18 Å². The second-order valence-electron chi connectivity index (χ2n) is 18.7. The quantitative estimate of drug-likeness (QED) is 0.0232. The lowest BCUT2D eigenvalue weighted by atomic mass is 9.98. The highest BCUT2D eigenvalue weighted by Crippen LogP contribution is 2.39. The lowest BCUT2D eigenvalue weighted by molar-refractivity contribution is -0.388. The second kappa shape index (κ2) is 31.2. The highest BCUT2D eigenvalue weighted by Gasteiger charge is 2.40. The third-order valence-corrected chi connectivity index (χ3v) is 17.2. The largest absolute Gasteiger partial charge is 0.494 e. The number of hydrogen-bond acceptors (Lipinski definition) is 17. The zero-order valence-electron chi connectivity index (χ0n) is 46.4. The number of nitro benzene ring substituents is 2. The van der Waals surface area contributed by atoms with Crippen LogP contribution in [0, 0.1) is 20.2 Å². The van der Waals surface area contributed by atoms with Crippen molar-refractivity contribution in [2.24, 2.45) is 5.73 Å². The first-order valence-corrected chi connectivity index (χ1v) is 29.9. The molecule has 0 radical (unpaired) electrons. The first-order chi connectivity index (χ1) is 39.8. The van der Waals surface area contributed by atoms with E-state index in [1.54, 1.807) is 56.3 Å². The molecule has 6 rings (SSSR count). The molecule has 1 atom stereocenters. The third-order valence-electron chi connectivity index (χ3n) is 13.3. The highest BCUT2D eigenvalue weighted by molar-refractivity contribution is 7.89. The molecule has 2 N–H and O–H groups in total. The van der Waals surface area contributed by atoms with Gasteiger partial charge in [0, 0.05) is 88.4 Å². The van der Waals surface area contributed by atoms with Crippen LogP contribution in [0.4, 0.5) is 30.2 Å². The molecule has 1 aliphatic heterocycles. The predicted octanol–water partition coefficient (Wildman–Crippen LogP) is 8.02. The minimum atomic E-state index is -4.98. The van der Waals surface area contributed by atoms with Crippen LogP contribution >= 0.6 is 0 Å². The molecule has 0 saturated carbocycles. The van der Waals surface area contributed by atoms with E-state index in [2.05, 4.69) is 0 Å². The van der Waals surface area contributed by atoms with Crippen LogP contribution in [0.15, 0.2) is 119 Å². The normalized spacial score (nSPS) is 14.1. The van der Waals surface area contributed by atoms with Crippen molar-refractivity contribution < 1.29 is 73.1 Å². The molecule has 0 aliphatic carbocycles. The summed E-state index contributed by atoms with van der Waals surface area (Å²) in [5, 5.41) is 24.8. The van der Waals surface area contributed by atoms with Gasteiger partial charge in [0.15, 0.2) is 9.79 Å². The molecule has 83 heavy (non-hydrogen) atoms. The monoisotopic (exact) mass is 1200 g/mol. The fourth-order valence-electron chi connectivity index (χ4n) is 9.39. The Kier molecular flexibility index (Phi) is 24.5. The number of nitrogens with two attached hydrogens (primary N) is 1. The van der Waals surface area contributed by atoms with E-state index in [-0.39, 0.29) is 71.4 Å². The lowest BCUT2D eigenvalue weighted by Crippen LogP contribution is -2.55. The number of carbonyl (C=O) groups is 1. The Morgan fingerprint density at radius 2 is 1.23 bits per heavy atom. The van der Waals surface area contributed by atoms with E-state index in [9.17, 15) is 46.6 Å². The van der Waals surface area contributed by atoms with Crippen molar-refractivity contribution in [1.29, 1.82) is 0 Å². The topological polar surface area (TPSA) is 266 Å². The van der Waals surface area contributed by atoms with Gasteiger partial charge in [-0.2, -0.15) is 21.8 Å². The molecule has 0 unspecified atom stereocenters. The number of amides is 1. The molecule has 0 spiro atoms. The maximum Gasteiger partial charge on any atom is 0.417 e. The van der Waals surface area contributed by atoms with E-state index in [4.69, 9.17) is 34.2 Å². The van der Waals surface area contributed by atoms with Crippen LogP contribution in [0.1, 0.15) is 55.1 Å². The highest BCUT2D eigenvalue weighted by atomic mass is 32.2. The number of ether oxygens (including phenoxy) is 6. The summed E-state index contributed by atoms with van der Waals surface area (Å²) in [6, 6.07) is 24.3. The van der Waals surface area contributed by atoms with Gasteiger partial charge in [-0.05, 0) is 86.3 Å². The average molecular weight is 1200 g/mol. The van der Waals surface area contributed by atoms with Crippen molar-refractivity contribution in [3.05, 3.63) is 146 Å². The van der Waals surface area contributed by atoms with Gasteiger partial charge in [-0.3, -0.25) is 25.0 Å². The lowest BCUT2D eigenvalue weighted by Gasteiger charge is -2.44. The maximum atomic E-state index is 15.3. The summed E-state index contributed by atoms with van der Waals surface area (Å²) < 4.78 is 139. The van der Waals surface area contributed by atoms with Crippen LogP contribution in [0.2, 0.25) is 0 Å². The summed E-state index contributed by atoms with van der Waals surface area (Å²) in [7, 11) is -9.78. The molecule has 1 saturated heterocycles. The minimum Gasteiger partial charge on any atom is -0.494 e. The summed E-state index contributed by atoms with van der Waals surface area (Å²) in [5.41, 5.74) is 4.10. The second-order valence-corrected chi connectivity index (χ2v) is 22.5. The fraction of sp³-hybridized carbons (Fsp3) is 0.446. The van der Waals surface area contributed by atoms with Crippen molar-refractivity contribution in [3.8, 4) is 22.6 Å². The van der Waals surface area contributed by atoms with Crippen LogP contribution in [0.5, 0.6) is 11.5 Å². The standard InChI is InChI=1S/C56H70F3N7O15S2/c1-4-44-41-61(55(67)47-22-21-45(80-5-2)39-48(47)56(57,58)59)26-29-64(44)49-23-20-42(46-14-7-10-17-52(46)81-6-3)38-43(49)40-63(83(74,75)54-19-12-9-16-51(54)66(70)71)28-27-62(82(72,73)53-18-11-8-15-50(53)65(68)69)25-13-30-76-32-34-78-36-37-79-35-33-77-31-24-60/h7-12,14-23,38-39,44H,4-6,13,24-37,40-41,60H2,1-3H3/t44-/m1/s1. The number of halogens is 3. The summed E-state index contributed by atoms with van der Waals surface area (Å²) in [4.78, 5) is 39.1. The van der Waals surface area contributed by atoms with Gasteiger partial charge in [-0.25, -0.2) is 16.8 Å². The van der Waals surface area contributed by atoms with Crippen LogP contribution < -0.4 is 20.1 Å². The molecule has 5 aromatic rings. The van der Waals surface area contributed by atoms with E-state index in [0.717, 1.165) is 45.0 Å². The van der Waals surface area contributed by atoms with E-state index >= 15 is 8.42 Å². The number of anilines is 1. The van der Waals surface area contributed by atoms with Gasteiger partial charge in [0.25, 0.3) is 17.3 Å². The van der Waals surface area contributed by atoms with E-state index in [0.29, 0.717) is 74.1 Å². The molecular weight excluding hydrogens is 1130 g/mol. The Balaban J connectivity index is 1.37. The summed E-state index contributed by atoms with van der Waals surface area (Å²) in [5.74, 6) is -0.424. The summed E-state index contributed by atoms with van der Waals surface area (Å²) in [6.45, 7) is 5.79. The summed E-state index contributed by atoms with van der Waals surface area (Å²) in [6.07, 6.45) is -4.52. The summed E-state index contributed by atoms with van der Waals surface area (Å²) >= 11 is 0. The maximum absolute atomic E-state index is 15.3. The Hall–Kier alpha value is -6.82. The third kappa shape index (κ3) is 17.4. The number of carbonyl (C=O) groups excluding carboxylic acids is 1. The molecule has 1 fully saturated rings. The Morgan fingerprint density at radius 1 is 0.675 bits per heavy atom. The molecule has 1 aliphatic rings. The van der Waals surface area contributed by atoms with Crippen LogP contribution in [0.25, 0.3) is 11.1 Å². The number of nitrogens with zero attached hydrogens (tertiary/aromatic N) is 6. The Morgan fingerprint density at radius 3 is 1.81 bits per heavy atom. The molecular formula is C56H70F3N7O15S2. The van der Waals surface area contributed by atoms with Gasteiger partial charge < -0.3 is 44.0 Å². The van der Waals surface area contributed by atoms with Gasteiger partial charge in [0.1, 0.15) is 11.5 Å². The zero-order chi connectivity index (χ0) is 60.2. The Labute approximate surface area is 481 Å². The number of alkyl halides is 3. The van der Waals surface area contributed by atoms with Gasteiger partial charge in [0.05, 0.1) is 80.4 Å².